The molecule has 160 valence electrons. The SMILES string of the molecule is Cc1cccc(C(=O)N2CC3CC2[C@@H]2C(=O)N(c4cccc(C(F)(F)F)c4)C(=O)N32)c1. The highest BCUT2D eigenvalue weighted by Crippen LogP contribution is 2.43. The average Bonchev–Trinajstić information content (AvgIpc) is 3.38. The molecule has 3 fully saturated rings. The molecule has 0 saturated carbocycles. The Morgan fingerprint density at radius 3 is 2.52 bits per heavy atom. The molecule has 9 heteroatoms. The molecule has 3 saturated heterocycles. The minimum atomic E-state index is -4.59. The van der Waals surface area contributed by atoms with Gasteiger partial charge in [-0.1, -0.05) is 23.8 Å². The fourth-order valence-electron chi connectivity index (χ4n) is 4.89. The van der Waals surface area contributed by atoms with E-state index in [1.54, 1.807) is 23.1 Å². The summed E-state index contributed by atoms with van der Waals surface area (Å²) in [5, 5.41) is 0. The highest BCUT2D eigenvalue weighted by Gasteiger charge is 2.63. The lowest BCUT2D eigenvalue weighted by molar-refractivity contribution is -0.137. The summed E-state index contributed by atoms with van der Waals surface area (Å²) in [7, 11) is 0. The van der Waals surface area contributed by atoms with Crippen LogP contribution in [-0.4, -0.2) is 52.3 Å². The normalized spacial score (nSPS) is 24.9. The van der Waals surface area contributed by atoms with Gasteiger partial charge >= 0.3 is 12.2 Å². The minimum Gasteiger partial charge on any atom is -0.331 e. The maximum Gasteiger partial charge on any atom is 0.416 e. The Labute approximate surface area is 175 Å². The predicted molar refractivity (Wildman–Crippen MR) is 104 cm³/mol. The van der Waals surface area contributed by atoms with E-state index in [1.807, 2.05) is 13.0 Å². The van der Waals surface area contributed by atoms with Gasteiger partial charge in [0.05, 0.1) is 23.3 Å². The lowest BCUT2D eigenvalue weighted by atomic mass is 10.1. The lowest BCUT2D eigenvalue weighted by Gasteiger charge is -2.35. The van der Waals surface area contributed by atoms with Gasteiger partial charge in [-0.25, -0.2) is 9.69 Å². The lowest BCUT2D eigenvalue weighted by Crippen LogP contribution is -2.54. The second-order valence-electron chi connectivity index (χ2n) is 8.14. The maximum absolute atomic E-state index is 13.2. The third kappa shape index (κ3) is 2.90. The Hall–Kier alpha value is -3.36. The standard InChI is InChI=1S/C22H18F3N3O3/c1-12-4-2-5-13(8-12)19(29)26-11-16-10-17(26)18-20(30)28(21(31)27(16)18)15-7-3-6-14(9-15)22(23,24)25/h2-9,16-18H,10-11H2,1H3/t16?,17?,18-/m1/s1. The summed E-state index contributed by atoms with van der Waals surface area (Å²) in [5.74, 6) is -0.813. The number of carbonyl (C=O) groups is 3. The van der Waals surface area contributed by atoms with Crippen molar-refractivity contribution in [1.82, 2.24) is 9.80 Å². The molecule has 5 rings (SSSR count). The van der Waals surface area contributed by atoms with E-state index in [-0.39, 0.29) is 17.6 Å². The number of imide groups is 1. The third-order valence-electron chi connectivity index (χ3n) is 6.22. The first kappa shape index (κ1) is 19.6. The first-order valence-electron chi connectivity index (χ1n) is 9.88. The van der Waals surface area contributed by atoms with Crippen molar-refractivity contribution in [3.63, 3.8) is 0 Å². The summed E-state index contributed by atoms with van der Waals surface area (Å²) in [6, 6.07) is 8.95. The van der Waals surface area contributed by atoms with Crippen LogP contribution in [0.25, 0.3) is 0 Å². The van der Waals surface area contributed by atoms with Crippen molar-refractivity contribution in [1.29, 1.82) is 0 Å². The third-order valence-corrected chi connectivity index (χ3v) is 6.22. The summed E-state index contributed by atoms with van der Waals surface area (Å²) < 4.78 is 39.3. The summed E-state index contributed by atoms with van der Waals surface area (Å²) >= 11 is 0. The van der Waals surface area contributed by atoms with Crippen molar-refractivity contribution in [3.05, 3.63) is 65.2 Å². The molecule has 0 N–H and O–H groups in total. The second-order valence-corrected chi connectivity index (χ2v) is 8.14. The molecular formula is C22H18F3N3O3. The number of fused-ring (bicyclic) bond motifs is 5. The number of anilines is 1. The predicted octanol–water partition coefficient (Wildman–Crippen LogP) is 3.45. The largest absolute Gasteiger partial charge is 0.416 e. The van der Waals surface area contributed by atoms with Gasteiger partial charge < -0.3 is 9.80 Å². The van der Waals surface area contributed by atoms with Crippen LogP contribution < -0.4 is 4.90 Å². The van der Waals surface area contributed by atoms with Gasteiger partial charge in [-0.15, -0.1) is 0 Å². The van der Waals surface area contributed by atoms with Crippen LogP contribution in [0, 0.1) is 6.92 Å². The smallest absolute Gasteiger partial charge is 0.331 e. The molecule has 3 heterocycles. The van der Waals surface area contributed by atoms with Gasteiger partial charge in [0.2, 0.25) is 0 Å². The molecule has 2 unspecified atom stereocenters. The van der Waals surface area contributed by atoms with Crippen molar-refractivity contribution in [2.24, 2.45) is 0 Å². The highest BCUT2D eigenvalue weighted by atomic mass is 19.4. The molecule has 2 bridgehead atoms. The molecule has 3 aliphatic heterocycles. The molecule has 31 heavy (non-hydrogen) atoms. The van der Waals surface area contributed by atoms with Gasteiger partial charge in [0.1, 0.15) is 6.04 Å². The zero-order valence-electron chi connectivity index (χ0n) is 16.5. The van der Waals surface area contributed by atoms with E-state index in [9.17, 15) is 27.6 Å². The number of rotatable bonds is 2. The summed E-state index contributed by atoms with van der Waals surface area (Å²) in [5.41, 5.74) is 0.386. The zero-order valence-corrected chi connectivity index (χ0v) is 16.5. The van der Waals surface area contributed by atoms with E-state index in [2.05, 4.69) is 0 Å². The number of nitrogens with zero attached hydrogens (tertiary/aromatic N) is 3. The molecule has 3 aliphatic rings. The molecule has 4 amide bonds. The molecule has 0 aliphatic carbocycles. The van der Waals surface area contributed by atoms with Gasteiger partial charge in [-0.05, 0) is 43.7 Å². The Morgan fingerprint density at radius 1 is 1.06 bits per heavy atom. The van der Waals surface area contributed by atoms with Crippen molar-refractivity contribution in [3.8, 4) is 0 Å². The molecule has 0 spiro atoms. The molecule has 0 aromatic heterocycles. The zero-order chi connectivity index (χ0) is 22.1. The van der Waals surface area contributed by atoms with E-state index >= 15 is 0 Å². The fraction of sp³-hybridized carbons (Fsp3) is 0.318. The van der Waals surface area contributed by atoms with Crippen molar-refractivity contribution in [2.45, 2.75) is 37.6 Å². The Balaban J connectivity index is 1.45. The van der Waals surface area contributed by atoms with Crippen LogP contribution >= 0.6 is 0 Å². The Bertz CT molecular complexity index is 1120. The molecule has 2 aromatic carbocycles. The molecule has 3 atom stereocenters. The van der Waals surface area contributed by atoms with Crippen molar-refractivity contribution >= 4 is 23.5 Å². The first-order valence-corrected chi connectivity index (χ1v) is 9.88. The van der Waals surface area contributed by atoms with E-state index in [0.29, 0.717) is 18.5 Å². The summed E-state index contributed by atoms with van der Waals surface area (Å²) in [6.07, 6.45) is -4.11. The van der Waals surface area contributed by atoms with Crippen molar-refractivity contribution < 1.29 is 27.6 Å². The molecular weight excluding hydrogens is 411 g/mol. The average molecular weight is 429 g/mol. The number of urea groups is 1. The van der Waals surface area contributed by atoms with Crippen LogP contribution in [0.2, 0.25) is 0 Å². The van der Waals surface area contributed by atoms with Crippen molar-refractivity contribution in [2.75, 3.05) is 11.4 Å². The van der Waals surface area contributed by atoms with Crippen LogP contribution in [0.5, 0.6) is 0 Å². The number of hydrogen-bond donors (Lipinski definition) is 0. The van der Waals surface area contributed by atoms with E-state index in [0.717, 1.165) is 22.6 Å². The van der Waals surface area contributed by atoms with Gasteiger partial charge in [0.25, 0.3) is 11.8 Å². The maximum atomic E-state index is 13.2. The topological polar surface area (TPSA) is 60.9 Å². The van der Waals surface area contributed by atoms with Crippen LogP contribution in [0.1, 0.15) is 27.9 Å². The van der Waals surface area contributed by atoms with Crippen LogP contribution in [0.3, 0.4) is 0 Å². The Kier molecular flexibility index (Phi) is 4.15. The first-order chi connectivity index (χ1) is 14.7. The van der Waals surface area contributed by atoms with Gasteiger partial charge in [0.15, 0.2) is 0 Å². The quantitative estimate of drug-likeness (QED) is 0.688. The van der Waals surface area contributed by atoms with E-state index in [1.165, 1.54) is 17.0 Å². The van der Waals surface area contributed by atoms with Crippen LogP contribution in [0.4, 0.5) is 23.7 Å². The van der Waals surface area contributed by atoms with E-state index in [4.69, 9.17) is 0 Å². The number of amides is 4. The molecule has 0 radical (unpaired) electrons. The monoisotopic (exact) mass is 429 g/mol. The summed E-state index contributed by atoms with van der Waals surface area (Å²) in [4.78, 5) is 43.0. The second kappa shape index (κ2) is 6.57. The summed E-state index contributed by atoms with van der Waals surface area (Å²) in [6.45, 7) is 2.17. The number of aryl methyl sites for hydroxylation is 1. The number of alkyl halides is 3. The van der Waals surface area contributed by atoms with Gasteiger partial charge in [0, 0.05) is 12.1 Å². The van der Waals surface area contributed by atoms with E-state index < -0.39 is 35.8 Å². The molecule has 6 nitrogen and oxygen atoms in total. The number of halogens is 3. The minimum absolute atomic E-state index is 0.116. The van der Waals surface area contributed by atoms with Crippen LogP contribution in [-0.2, 0) is 11.0 Å². The fourth-order valence-corrected chi connectivity index (χ4v) is 4.89. The van der Waals surface area contributed by atoms with Crippen LogP contribution in [0.15, 0.2) is 48.5 Å². The molecule has 2 aromatic rings. The highest BCUT2D eigenvalue weighted by molar-refractivity contribution is 6.22. The number of hydrogen-bond acceptors (Lipinski definition) is 3. The Morgan fingerprint density at radius 2 is 1.81 bits per heavy atom. The van der Waals surface area contributed by atoms with Gasteiger partial charge in [-0.2, -0.15) is 13.2 Å². The number of likely N-dealkylation sites (tertiary alicyclic amines) is 1. The number of benzene rings is 2. The van der Waals surface area contributed by atoms with Gasteiger partial charge in [-0.3, -0.25) is 9.59 Å². The number of carbonyl (C=O) groups excluding carboxylic acids is 3. The number of piperazine rings is 1.